The smallest absolute Gasteiger partial charge is 0.259 e. The van der Waals surface area contributed by atoms with Gasteiger partial charge in [-0.05, 0) is 25.5 Å². The largest absolute Gasteiger partial charge is 0.496 e. The fraction of sp³-hybridized carbons (Fsp3) is 0.320. The standard InChI is InChI=1S/C25H29N7O4/c1-15-6-5-7-17(22(15)35-4)24(34)29-19-13-20(27-14-18(19)23(33)26-3)30-21-12-16(2)28-25(31-21)32-8-10-36-11-9-32/h5-7,12-14H,8-11H2,1-4H3,(H,26,33)(H2,27,28,29,30,31,34). The lowest BCUT2D eigenvalue weighted by Gasteiger charge is -2.27. The molecular formula is C25H29N7O4. The van der Waals surface area contributed by atoms with Crippen molar-refractivity contribution in [2.75, 3.05) is 56.0 Å². The normalized spacial score (nSPS) is 13.2. The number of carbonyl (C=O) groups is 2. The minimum atomic E-state index is -0.412. The third-order valence-electron chi connectivity index (χ3n) is 5.68. The maximum atomic E-state index is 13.1. The monoisotopic (exact) mass is 491 g/mol. The van der Waals surface area contributed by atoms with Crippen LogP contribution in [-0.2, 0) is 4.74 Å². The molecule has 4 rings (SSSR count). The van der Waals surface area contributed by atoms with Gasteiger partial charge in [0.2, 0.25) is 5.95 Å². The van der Waals surface area contributed by atoms with Gasteiger partial charge in [-0.3, -0.25) is 9.59 Å². The van der Waals surface area contributed by atoms with Crippen LogP contribution in [0.25, 0.3) is 0 Å². The molecule has 0 spiro atoms. The zero-order chi connectivity index (χ0) is 25.7. The molecular weight excluding hydrogens is 462 g/mol. The molecule has 0 aliphatic carbocycles. The van der Waals surface area contributed by atoms with Crippen LogP contribution in [0, 0.1) is 13.8 Å². The number of anilines is 4. The molecule has 0 bridgehead atoms. The maximum absolute atomic E-state index is 13.1. The first-order valence-corrected chi connectivity index (χ1v) is 11.5. The Hall–Kier alpha value is -4.25. The molecule has 11 heteroatoms. The van der Waals surface area contributed by atoms with Crippen molar-refractivity contribution < 1.29 is 19.1 Å². The molecule has 36 heavy (non-hydrogen) atoms. The second-order valence-corrected chi connectivity index (χ2v) is 8.22. The van der Waals surface area contributed by atoms with E-state index >= 15 is 0 Å². The molecule has 2 aromatic heterocycles. The van der Waals surface area contributed by atoms with Crippen molar-refractivity contribution in [3.63, 3.8) is 0 Å². The molecule has 1 saturated heterocycles. The zero-order valence-corrected chi connectivity index (χ0v) is 20.7. The van der Waals surface area contributed by atoms with Crippen LogP contribution in [0.4, 0.5) is 23.3 Å². The number of benzene rings is 1. The molecule has 1 aromatic carbocycles. The van der Waals surface area contributed by atoms with Crippen molar-refractivity contribution >= 4 is 35.1 Å². The fourth-order valence-electron chi connectivity index (χ4n) is 3.89. The maximum Gasteiger partial charge on any atom is 0.259 e. The van der Waals surface area contributed by atoms with Crippen LogP contribution >= 0.6 is 0 Å². The number of ether oxygens (including phenoxy) is 2. The first kappa shape index (κ1) is 24.9. The Morgan fingerprint density at radius 3 is 2.53 bits per heavy atom. The third kappa shape index (κ3) is 5.52. The highest BCUT2D eigenvalue weighted by molar-refractivity contribution is 6.10. The van der Waals surface area contributed by atoms with Gasteiger partial charge in [-0.15, -0.1) is 0 Å². The Kier molecular flexibility index (Phi) is 7.59. The third-order valence-corrected chi connectivity index (χ3v) is 5.68. The van der Waals surface area contributed by atoms with E-state index in [4.69, 9.17) is 9.47 Å². The van der Waals surface area contributed by atoms with Gasteiger partial charge in [-0.2, -0.15) is 4.98 Å². The molecule has 0 saturated carbocycles. The number of hydrogen-bond acceptors (Lipinski definition) is 9. The number of aryl methyl sites for hydroxylation is 2. The minimum absolute atomic E-state index is 0.218. The van der Waals surface area contributed by atoms with Crippen LogP contribution in [0.15, 0.2) is 36.5 Å². The van der Waals surface area contributed by atoms with Crippen molar-refractivity contribution in [2.24, 2.45) is 0 Å². The molecule has 0 radical (unpaired) electrons. The van der Waals surface area contributed by atoms with Crippen LogP contribution in [-0.4, -0.2) is 67.2 Å². The van der Waals surface area contributed by atoms with Gasteiger partial charge in [0, 0.05) is 44.2 Å². The number of carbonyl (C=O) groups excluding carboxylic acids is 2. The summed E-state index contributed by atoms with van der Waals surface area (Å²) in [6, 6.07) is 8.69. The van der Waals surface area contributed by atoms with Crippen LogP contribution in [0.1, 0.15) is 32.0 Å². The fourth-order valence-corrected chi connectivity index (χ4v) is 3.89. The summed E-state index contributed by atoms with van der Waals surface area (Å²) in [6.07, 6.45) is 1.40. The van der Waals surface area contributed by atoms with Gasteiger partial charge in [-0.1, -0.05) is 12.1 Å². The highest BCUT2D eigenvalue weighted by atomic mass is 16.5. The molecule has 0 unspecified atom stereocenters. The van der Waals surface area contributed by atoms with E-state index < -0.39 is 5.91 Å². The summed E-state index contributed by atoms with van der Waals surface area (Å²) >= 11 is 0. The van der Waals surface area contributed by atoms with Gasteiger partial charge in [0.25, 0.3) is 11.8 Å². The second-order valence-electron chi connectivity index (χ2n) is 8.22. The van der Waals surface area contributed by atoms with Crippen molar-refractivity contribution in [3.8, 4) is 5.75 Å². The van der Waals surface area contributed by atoms with Crippen LogP contribution < -0.4 is 25.6 Å². The Morgan fingerprint density at radius 2 is 1.81 bits per heavy atom. The molecule has 3 heterocycles. The molecule has 0 atom stereocenters. The quantitative estimate of drug-likeness (QED) is 0.456. The number of amides is 2. The Bertz CT molecular complexity index is 1280. The predicted octanol–water partition coefficient (Wildman–Crippen LogP) is 2.69. The summed E-state index contributed by atoms with van der Waals surface area (Å²) in [5.41, 5.74) is 2.48. The number of morpholine rings is 1. The predicted molar refractivity (Wildman–Crippen MR) is 136 cm³/mol. The van der Waals surface area contributed by atoms with E-state index in [1.165, 1.54) is 20.4 Å². The Morgan fingerprint density at radius 1 is 1.03 bits per heavy atom. The molecule has 3 aromatic rings. The van der Waals surface area contributed by atoms with E-state index in [9.17, 15) is 9.59 Å². The highest BCUT2D eigenvalue weighted by Gasteiger charge is 2.20. The SMILES string of the molecule is CNC(=O)c1cnc(Nc2cc(C)nc(N3CCOCC3)n2)cc1NC(=O)c1cccc(C)c1OC. The molecule has 1 aliphatic heterocycles. The average Bonchev–Trinajstić information content (AvgIpc) is 2.88. The van der Waals surface area contributed by atoms with Crippen LogP contribution in [0.5, 0.6) is 5.75 Å². The Labute approximate surface area is 209 Å². The number of nitrogens with one attached hydrogen (secondary N) is 3. The number of para-hydroxylation sites is 1. The van der Waals surface area contributed by atoms with Gasteiger partial charge in [0.05, 0.1) is 37.1 Å². The van der Waals surface area contributed by atoms with Crippen molar-refractivity contribution in [3.05, 3.63) is 58.9 Å². The van der Waals surface area contributed by atoms with E-state index in [0.717, 1.165) is 11.3 Å². The Balaban J connectivity index is 1.63. The van der Waals surface area contributed by atoms with E-state index in [1.807, 2.05) is 19.9 Å². The lowest BCUT2D eigenvalue weighted by molar-refractivity contribution is 0.0963. The zero-order valence-electron chi connectivity index (χ0n) is 20.7. The number of rotatable bonds is 7. The van der Waals surface area contributed by atoms with E-state index in [-0.39, 0.29) is 11.5 Å². The topological polar surface area (TPSA) is 131 Å². The number of methoxy groups -OCH3 is 1. The van der Waals surface area contributed by atoms with Gasteiger partial charge in [-0.25, -0.2) is 9.97 Å². The molecule has 3 N–H and O–H groups in total. The van der Waals surface area contributed by atoms with Crippen molar-refractivity contribution in [2.45, 2.75) is 13.8 Å². The summed E-state index contributed by atoms with van der Waals surface area (Å²) < 4.78 is 10.8. The van der Waals surface area contributed by atoms with Crippen LogP contribution in [0.2, 0.25) is 0 Å². The number of nitrogens with zero attached hydrogens (tertiary/aromatic N) is 4. The van der Waals surface area contributed by atoms with Crippen LogP contribution in [0.3, 0.4) is 0 Å². The molecule has 1 fully saturated rings. The van der Waals surface area contributed by atoms with E-state index in [0.29, 0.717) is 60.9 Å². The molecule has 188 valence electrons. The molecule has 1 aliphatic rings. The first-order chi connectivity index (χ1) is 17.4. The van der Waals surface area contributed by atoms with Gasteiger partial charge in [0.1, 0.15) is 17.4 Å². The van der Waals surface area contributed by atoms with E-state index in [2.05, 4.69) is 35.8 Å². The highest BCUT2D eigenvalue weighted by Crippen LogP contribution is 2.27. The average molecular weight is 492 g/mol. The second kappa shape index (κ2) is 11.0. The van der Waals surface area contributed by atoms with E-state index in [1.54, 1.807) is 24.3 Å². The molecule has 2 amide bonds. The van der Waals surface area contributed by atoms with Gasteiger partial charge >= 0.3 is 0 Å². The van der Waals surface area contributed by atoms with Crippen molar-refractivity contribution in [1.82, 2.24) is 20.3 Å². The number of hydrogen-bond donors (Lipinski definition) is 3. The summed E-state index contributed by atoms with van der Waals surface area (Å²) in [6.45, 7) is 6.41. The lowest BCUT2D eigenvalue weighted by Crippen LogP contribution is -2.37. The number of aromatic nitrogens is 3. The van der Waals surface area contributed by atoms with Crippen molar-refractivity contribution in [1.29, 1.82) is 0 Å². The molecule has 11 nitrogen and oxygen atoms in total. The first-order valence-electron chi connectivity index (χ1n) is 11.5. The minimum Gasteiger partial charge on any atom is -0.496 e. The summed E-state index contributed by atoms with van der Waals surface area (Å²) in [7, 11) is 3.03. The van der Waals surface area contributed by atoms with Gasteiger partial charge in [0.15, 0.2) is 0 Å². The summed E-state index contributed by atoms with van der Waals surface area (Å²) in [5.74, 6) is 1.22. The summed E-state index contributed by atoms with van der Waals surface area (Å²) in [5, 5.41) is 8.57. The lowest BCUT2D eigenvalue weighted by atomic mass is 10.1. The van der Waals surface area contributed by atoms with Gasteiger partial charge < -0.3 is 30.3 Å². The number of pyridine rings is 1. The summed E-state index contributed by atoms with van der Waals surface area (Å²) in [4.78, 5) is 41.2.